The first kappa shape index (κ1) is 12.0. The third-order valence-electron chi connectivity index (χ3n) is 3.07. The molecule has 1 aromatic rings. The predicted octanol–water partition coefficient (Wildman–Crippen LogP) is 2.01. The molecule has 0 saturated carbocycles. The summed E-state index contributed by atoms with van der Waals surface area (Å²) in [5.74, 6) is -0.0784. The van der Waals surface area contributed by atoms with Gasteiger partial charge in [-0.3, -0.25) is 4.79 Å². The van der Waals surface area contributed by atoms with E-state index in [4.69, 9.17) is 0 Å². The molecule has 3 nitrogen and oxygen atoms in total. The molecule has 1 amide bonds. The lowest BCUT2D eigenvalue weighted by molar-refractivity contribution is -0.120. The fraction of sp³-hybridized carbons (Fsp3) is 0.462. The minimum absolute atomic E-state index is 0.0710. The van der Waals surface area contributed by atoms with Crippen molar-refractivity contribution >= 4 is 11.6 Å². The second kappa shape index (κ2) is 5.27. The van der Waals surface area contributed by atoms with Gasteiger partial charge >= 0.3 is 0 Å². The number of nitrogens with one attached hydrogen (secondary N) is 2. The summed E-state index contributed by atoms with van der Waals surface area (Å²) in [5, 5.41) is 5.86. The zero-order valence-electron chi connectivity index (χ0n) is 9.87. The summed E-state index contributed by atoms with van der Waals surface area (Å²) >= 11 is 0. The molecular weight excluding hydrogens is 219 g/mol. The standard InChI is InChI=1S/C13H17FN2O/c1-9-6-10(8-15-7-9)13(17)16-12-5-3-2-4-11(12)14/h2-5,9-10,15H,6-8H2,1H3,(H,16,17). The Bertz CT molecular complexity index is 408. The van der Waals surface area contributed by atoms with Gasteiger partial charge in [0.1, 0.15) is 5.82 Å². The van der Waals surface area contributed by atoms with Crippen molar-refractivity contribution in [3.8, 4) is 0 Å². The van der Waals surface area contributed by atoms with Gasteiger partial charge in [0.2, 0.25) is 5.91 Å². The highest BCUT2D eigenvalue weighted by molar-refractivity contribution is 5.92. The van der Waals surface area contributed by atoms with Crippen LogP contribution in [0.15, 0.2) is 24.3 Å². The molecule has 0 radical (unpaired) electrons. The molecule has 2 atom stereocenters. The van der Waals surface area contributed by atoms with Gasteiger partial charge in [-0.2, -0.15) is 0 Å². The van der Waals surface area contributed by atoms with Crippen molar-refractivity contribution in [2.45, 2.75) is 13.3 Å². The second-order valence-electron chi connectivity index (χ2n) is 4.67. The van der Waals surface area contributed by atoms with Crippen LogP contribution >= 0.6 is 0 Å². The number of benzene rings is 1. The second-order valence-corrected chi connectivity index (χ2v) is 4.67. The number of anilines is 1. The van der Waals surface area contributed by atoms with Crippen LogP contribution in [0.3, 0.4) is 0 Å². The Balaban J connectivity index is 1.99. The molecule has 2 N–H and O–H groups in total. The molecule has 1 heterocycles. The van der Waals surface area contributed by atoms with E-state index in [-0.39, 0.29) is 17.5 Å². The molecule has 0 aromatic heterocycles. The Kier molecular flexibility index (Phi) is 3.74. The molecule has 0 spiro atoms. The van der Waals surface area contributed by atoms with Crippen LogP contribution in [0.25, 0.3) is 0 Å². The van der Waals surface area contributed by atoms with E-state index < -0.39 is 5.82 Å². The quantitative estimate of drug-likeness (QED) is 0.824. The van der Waals surface area contributed by atoms with E-state index in [1.54, 1.807) is 18.2 Å². The van der Waals surface area contributed by atoms with Gasteiger partial charge in [0.25, 0.3) is 0 Å². The highest BCUT2D eigenvalue weighted by Crippen LogP contribution is 2.19. The third-order valence-corrected chi connectivity index (χ3v) is 3.07. The molecule has 2 rings (SSSR count). The molecule has 2 unspecified atom stereocenters. The van der Waals surface area contributed by atoms with Crippen molar-refractivity contribution in [3.63, 3.8) is 0 Å². The maximum atomic E-state index is 13.4. The van der Waals surface area contributed by atoms with Crippen LogP contribution in [0, 0.1) is 17.7 Å². The first-order valence-corrected chi connectivity index (χ1v) is 5.93. The number of hydrogen-bond donors (Lipinski definition) is 2. The van der Waals surface area contributed by atoms with Crippen molar-refractivity contribution in [3.05, 3.63) is 30.1 Å². The molecule has 1 aromatic carbocycles. The number of carbonyl (C=O) groups excluding carboxylic acids is 1. The van der Waals surface area contributed by atoms with E-state index in [9.17, 15) is 9.18 Å². The van der Waals surface area contributed by atoms with Gasteiger partial charge in [0.15, 0.2) is 0 Å². The fourth-order valence-corrected chi connectivity index (χ4v) is 2.15. The number of carbonyl (C=O) groups is 1. The zero-order valence-corrected chi connectivity index (χ0v) is 9.87. The molecular formula is C13H17FN2O. The van der Waals surface area contributed by atoms with Crippen molar-refractivity contribution in [2.75, 3.05) is 18.4 Å². The van der Waals surface area contributed by atoms with Crippen LogP contribution in [0.5, 0.6) is 0 Å². The van der Waals surface area contributed by atoms with Crippen LogP contribution in [-0.4, -0.2) is 19.0 Å². The lowest BCUT2D eigenvalue weighted by Gasteiger charge is -2.26. The maximum Gasteiger partial charge on any atom is 0.228 e. The Hall–Kier alpha value is -1.42. The van der Waals surface area contributed by atoms with Crippen molar-refractivity contribution in [2.24, 2.45) is 11.8 Å². The Morgan fingerprint density at radius 1 is 1.41 bits per heavy atom. The Morgan fingerprint density at radius 3 is 2.88 bits per heavy atom. The predicted molar refractivity (Wildman–Crippen MR) is 65.2 cm³/mol. The van der Waals surface area contributed by atoms with Gasteiger partial charge in [-0.15, -0.1) is 0 Å². The summed E-state index contributed by atoms with van der Waals surface area (Å²) < 4.78 is 13.4. The summed E-state index contributed by atoms with van der Waals surface area (Å²) in [5.41, 5.74) is 0.260. The lowest BCUT2D eigenvalue weighted by Crippen LogP contribution is -2.41. The van der Waals surface area contributed by atoms with E-state index in [1.165, 1.54) is 6.07 Å². The molecule has 4 heteroatoms. The van der Waals surface area contributed by atoms with Gasteiger partial charge in [-0.1, -0.05) is 19.1 Å². The highest BCUT2D eigenvalue weighted by atomic mass is 19.1. The Labute approximate surface area is 100 Å². The molecule has 17 heavy (non-hydrogen) atoms. The van der Waals surface area contributed by atoms with Crippen molar-refractivity contribution < 1.29 is 9.18 Å². The minimum atomic E-state index is -0.391. The van der Waals surface area contributed by atoms with Gasteiger partial charge < -0.3 is 10.6 Å². The average molecular weight is 236 g/mol. The van der Waals surface area contributed by atoms with Crippen LogP contribution < -0.4 is 10.6 Å². The highest BCUT2D eigenvalue weighted by Gasteiger charge is 2.25. The van der Waals surface area contributed by atoms with Crippen LogP contribution in [0.2, 0.25) is 0 Å². The van der Waals surface area contributed by atoms with E-state index in [0.29, 0.717) is 12.5 Å². The SMILES string of the molecule is CC1CNCC(C(=O)Nc2ccccc2F)C1. The van der Waals surface area contributed by atoms with Crippen LogP contribution in [0.4, 0.5) is 10.1 Å². The monoisotopic (exact) mass is 236 g/mol. The summed E-state index contributed by atoms with van der Waals surface area (Å²) in [6.07, 6.45) is 0.854. The number of piperidine rings is 1. The maximum absolute atomic E-state index is 13.4. The summed E-state index contributed by atoms with van der Waals surface area (Å²) in [7, 11) is 0. The van der Waals surface area contributed by atoms with Gasteiger partial charge in [-0.05, 0) is 31.0 Å². The zero-order chi connectivity index (χ0) is 12.3. The molecule has 1 fully saturated rings. The van der Waals surface area contributed by atoms with Crippen molar-refractivity contribution in [1.82, 2.24) is 5.32 Å². The topological polar surface area (TPSA) is 41.1 Å². The summed E-state index contributed by atoms with van der Waals surface area (Å²) in [6, 6.07) is 6.24. The minimum Gasteiger partial charge on any atom is -0.323 e. The van der Waals surface area contributed by atoms with Crippen LogP contribution in [0.1, 0.15) is 13.3 Å². The van der Waals surface area contributed by atoms with E-state index >= 15 is 0 Å². The average Bonchev–Trinajstić information content (AvgIpc) is 2.32. The normalized spacial score (nSPS) is 24.4. The first-order chi connectivity index (χ1) is 8.16. The number of amides is 1. The van der Waals surface area contributed by atoms with Crippen molar-refractivity contribution in [1.29, 1.82) is 0 Å². The van der Waals surface area contributed by atoms with E-state index in [1.807, 2.05) is 0 Å². The number of para-hydroxylation sites is 1. The lowest BCUT2D eigenvalue weighted by atomic mass is 9.91. The molecule has 0 aliphatic carbocycles. The first-order valence-electron chi connectivity index (χ1n) is 5.93. The number of halogens is 1. The largest absolute Gasteiger partial charge is 0.323 e. The summed E-state index contributed by atoms with van der Waals surface area (Å²) in [4.78, 5) is 11.9. The molecule has 92 valence electrons. The fourth-order valence-electron chi connectivity index (χ4n) is 2.15. The van der Waals surface area contributed by atoms with Gasteiger partial charge in [0.05, 0.1) is 11.6 Å². The molecule has 0 bridgehead atoms. The number of rotatable bonds is 2. The molecule has 1 aliphatic heterocycles. The Morgan fingerprint density at radius 2 is 2.18 bits per heavy atom. The smallest absolute Gasteiger partial charge is 0.228 e. The molecule has 1 saturated heterocycles. The van der Waals surface area contributed by atoms with Crippen LogP contribution in [-0.2, 0) is 4.79 Å². The number of hydrogen-bond acceptors (Lipinski definition) is 2. The molecule has 1 aliphatic rings. The van der Waals surface area contributed by atoms with Gasteiger partial charge in [0, 0.05) is 6.54 Å². The van der Waals surface area contributed by atoms with E-state index in [2.05, 4.69) is 17.6 Å². The third kappa shape index (κ3) is 3.03. The summed E-state index contributed by atoms with van der Waals surface area (Å²) in [6.45, 7) is 3.73. The van der Waals surface area contributed by atoms with E-state index in [0.717, 1.165) is 13.0 Å². The van der Waals surface area contributed by atoms with Gasteiger partial charge in [-0.25, -0.2) is 4.39 Å².